The van der Waals surface area contributed by atoms with Crippen LogP contribution < -0.4 is 5.32 Å². The molecule has 106 valence electrons. The maximum Gasteiger partial charge on any atom is 0.252 e. The van der Waals surface area contributed by atoms with Crippen LogP contribution in [0.5, 0.6) is 0 Å². The zero-order valence-corrected chi connectivity index (χ0v) is 11.3. The van der Waals surface area contributed by atoms with E-state index in [4.69, 9.17) is 5.11 Å². The normalized spacial score (nSPS) is 13.5. The summed E-state index contributed by atoms with van der Waals surface area (Å²) in [4.78, 5) is 12.1. The zero-order chi connectivity index (χ0) is 14.4. The molecular weight excluding hydrogens is 257 g/mol. The second-order valence-corrected chi connectivity index (χ2v) is 4.95. The van der Waals surface area contributed by atoms with Crippen LogP contribution in [0.4, 0.5) is 4.39 Å². The van der Waals surface area contributed by atoms with Crippen molar-refractivity contribution in [2.75, 3.05) is 13.2 Å². The Morgan fingerprint density at radius 2 is 2.25 bits per heavy atom. The van der Waals surface area contributed by atoms with E-state index in [0.29, 0.717) is 24.1 Å². The van der Waals surface area contributed by atoms with Gasteiger partial charge in [0.05, 0.1) is 12.2 Å². The van der Waals surface area contributed by atoms with Gasteiger partial charge in [0, 0.05) is 18.5 Å². The summed E-state index contributed by atoms with van der Waals surface area (Å²) in [6.07, 6.45) is 3.81. The monoisotopic (exact) mass is 275 g/mol. The van der Waals surface area contributed by atoms with Gasteiger partial charge in [-0.05, 0) is 30.5 Å². The van der Waals surface area contributed by atoms with E-state index in [-0.39, 0.29) is 12.5 Å². The molecule has 0 spiro atoms. The van der Waals surface area contributed by atoms with Gasteiger partial charge in [-0.15, -0.1) is 0 Å². The first-order valence-corrected chi connectivity index (χ1v) is 6.88. The molecule has 0 radical (unpaired) electrons. The third-order valence-electron chi connectivity index (χ3n) is 3.22. The van der Waals surface area contributed by atoms with E-state index < -0.39 is 5.82 Å². The maximum atomic E-state index is 13.2. The lowest BCUT2D eigenvalue weighted by molar-refractivity contribution is 0.0952. The van der Waals surface area contributed by atoms with E-state index in [1.807, 2.05) is 0 Å². The van der Waals surface area contributed by atoms with Gasteiger partial charge in [-0.3, -0.25) is 4.79 Å². The van der Waals surface area contributed by atoms with Crippen LogP contribution in [-0.4, -0.2) is 24.2 Å². The molecule has 1 aromatic carbocycles. The highest BCUT2D eigenvalue weighted by atomic mass is 19.1. The van der Waals surface area contributed by atoms with E-state index >= 15 is 0 Å². The molecule has 2 rings (SSSR count). The average molecular weight is 275 g/mol. The number of halogens is 1. The van der Waals surface area contributed by atoms with Crippen LogP contribution in [0.3, 0.4) is 0 Å². The van der Waals surface area contributed by atoms with E-state index in [1.54, 1.807) is 0 Å². The minimum absolute atomic E-state index is 0.0504. The SMILES string of the molecule is O=C(NCCC1CC1)c1ccc(F)cc1C#CCCO. The number of aliphatic hydroxyl groups excluding tert-OH is 1. The molecule has 1 amide bonds. The lowest BCUT2D eigenvalue weighted by atomic mass is 10.1. The molecule has 0 saturated heterocycles. The molecule has 1 aliphatic carbocycles. The molecule has 0 aliphatic heterocycles. The zero-order valence-electron chi connectivity index (χ0n) is 11.3. The topological polar surface area (TPSA) is 49.3 Å². The summed E-state index contributed by atoms with van der Waals surface area (Å²) in [5.74, 6) is 5.56. The van der Waals surface area contributed by atoms with Gasteiger partial charge in [0.2, 0.25) is 0 Å². The highest BCUT2D eigenvalue weighted by molar-refractivity contribution is 5.96. The number of aliphatic hydroxyl groups is 1. The summed E-state index contributed by atoms with van der Waals surface area (Å²) in [5.41, 5.74) is 0.745. The molecule has 1 aliphatic rings. The molecule has 0 atom stereocenters. The Bertz CT molecular complexity index is 541. The van der Waals surface area contributed by atoms with Crippen molar-refractivity contribution in [2.24, 2.45) is 5.92 Å². The average Bonchev–Trinajstić information content (AvgIpc) is 3.23. The van der Waals surface area contributed by atoms with Crippen molar-refractivity contribution in [2.45, 2.75) is 25.7 Å². The van der Waals surface area contributed by atoms with Crippen LogP contribution >= 0.6 is 0 Å². The highest BCUT2D eigenvalue weighted by Gasteiger charge is 2.21. The Hall–Kier alpha value is -1.86. The number of hydrogen-bond acceptors (Lipinski definition) is 2. The standard InChI is InChI=1S/C16H18FNO2/c17-14-6-7-15(13(11-14)3-1-2-10-19)16(20)18-9-8-12-4-5-12/h6-7,11-12,19H,2,4-5,8-10H2,(H,18,20). The van der Waals surface area contributed by atoms with Crippen molar-refractivity contribution >= 4 is 5.91 Å². The van der Waals surface area contributed by atoms with E-state index in [2.05, 4.69) is 17.2 Å². The predicted molar refractivity (Wildman–Crippen MR) is 74.7 cm³/mol. The molecule has 0 unspecified atom stereocenters. The van der Waals surface area contributed by atoms with Crippen molar-refractivity contribution < 1.29 is 14.3 Å². The summed E-state index contributed by atoms with van der Waals surface area (Å²) in [7, 11) is 0. The van der Waals surface area contributed by atoms with Gasteiger partial charge in [-0.25, -0.2) is 4.39 Å². The summed E-state index contributed by atoms with van der Waals surface area (Å²) >= 11 is 0. The molecule has 20 heavy (non-hydrogen) atoms. The number of benzene rings is 1. The number of carbonyl (C=O) groups is 1. The minimum atomic E-state index is -0.423. The largest absolute Gasteiger partial charge is 0.395 e. The third-order valence-corrected chi connectivity index (χ3v) is 3.22. The first-order valence-electron chi connectivity index (χ1n) is 6.88. The van der Waals surface area contributed by atoms with Crippen LogP contribution in [-0.2, 0) is 0 Å². The van der Waals surface area contributed by atoms with Gasteiger partial charge in [0.25, 0.3) is 5.91 Å². The molecule has 2 N–H and O–H groups in total. The lowest BCUT2D eigenvalue weighted by Gasteiger charge is -2.06. The maximum absolute atomic E-state index is 13.2. The van der Waals surface area contributed by atoms with Crippen molar-refractivity contribution in [3.8, 4) is 11.8 Å². The molecular formula is C16H18FNO2. The Balaban J connectivity index is 2.04. The molecule has 0 aromatic heterocycles. The molecule has 4 heteroatoms. The van der Waals surface area contributed by atoms with Crippen molar-refractivity contribution in [3.63, 3.8) is 0 Å². The van der Waals surface area contributed by atoms with Crippen LogP contribution in [0, 0.1) is 23.6 Å². The lowest BCUT2D eigenvalue weighted by Crippen LogP contribution is -2.25. The smallest absolute Gasteiger partial charge is 0.252 e. The first-order chi connectivity index (χ1) is 9.70. The number of carbonyl (C=O) groups excluding carboxylic acids is 1. The van der Waals surface area contributed by atoms with Crippen LogP contribution in [0.1, 0.15) is 41.6 Å². The van der Waals surface area contributed by atoms with Crippen molar-refractivity contribution in [1.29, 1.82) is 0 Å². The van der Waals surface area contributed by atoms with Crippen molar-refractivity contribution in [1.82, 2.24) is 5.32 Å². The quantitative estimate of drug-likeness (QED) is 0.808. The summed E-state index contributed by atoms with van der Waals surface area (Å²) in [5, 5.41) is 11.5. The molecule has 1 aromatic rings. The highest BCUT2D eigenvalue weighted by Crippen LogP contribution is 2.31. The minimum Gasteiger partial charge on any atom is -0.395 e. The first kappa shape index (κ1) is 14.5. The van der Waals surface area contributed by atoms with E-state index in [9.17, 15) is 9.18 Å². The summed E-state index contributed by atoms with van der Waals surface area (Å²) in [6, 6.07) is 3.96. The van der Waals surface area contributed by atoms with Crippen LogP contribution in [0.2, 0.25) is 0 Å². The van der Waals surface area contributed by atoms with Gasteiger partial charge < -0.3 is 10.4 Å². The van der Waals surface area contributed by atoms with Gasteiger partial charge in [0.1, 0.15) is 5.82 Å². The Labute approximate surface area is 118 Å². The fourth-order valence-corrected chi connectivity index (χ4v) is 1.92. The molecule has 1 saturated carbocycles. The van der Waals surface area contributed by atoms with Gasteiger partial charge in [0.15, 0.2) is 0 Å². The second kappa shape index (κ2) is 7.06. The molecule has 0 heterocycles. The predicted octanol–water partition coefficient (Wildman–Crippen LogP) is 2.09. The number of rotatable bonds is 5. The second-order valence-electron chi connectivity index (χ2n) is 4.95. The van der Waals surface area contributed by atoms with E-state index in [1.165, 1.54) is 31.0 Å². The summed E-state index contributed by atoms with van der Waals surface area (Å²) in [6.45, 7) is 0.593. The van der Waals surface area contributed by atoms with Crippen LogP contribution in [0.25, 0.3) is 0 Å². The Morgan fingerprint density at radius 3 is 2.95 bits per heavy atom. The fourth-order valence-electron chi connectivity index (χ4n) is 1.92. The van der Waals surface area contributed by atoms with Gasteiger partial charge in [-0.1, -0.05) is 24.7 Å². The fraction of sp³-hybridized carbons (Fsp3) is 0.438. The Kier molecular flexibility index (Phi) is 5.14. The number of hydrogen-bond donors (Lipinski definition) is 2. The molecule has 0 bridgehead atoms. The van der Waals surface area contributed by atoms with Gasteiger partial charge in [-0.2, -0.15) is 0 Å². The third kappa shape index (κ3) is 4.36. The number of amides is 1. The van der Waals surface area contributed by atoms with Crippen molar-refractivity contribution in [3.05, 3.63) is 35.1 Å². The number of nitrogens with one attached hydrogen (secondary N) is 1. The molecule has 1 fully saturated rings. The van der Waals surface area contributed by atoms with Crippen LogP contribution in [0.15, 0.2) is 18.2 Å². The Morgan fingerprint density at radius 1 is 1.45 bits per heavy atom. The van der Waals surface area contributed by atoms with Gasteiger partial charge >= 0.3 is 0 Å². The van der Waals surface area contributed by atoms with E-state index in [0.717, 1.165) is 12.3 Å². The molecule has 3 nitrogen and oxygen atoms in total. The summed E-state index contributed by atoms with van der Waals surface area (Å²) < 4.78 is 13.2.